The molecule has 0 heterocycles. The van der Waals surface area contributed by atoms with E-state index in [-0.39, 0.29) is 6.54 Å². The molecule has 0 aliphatic heterocycles. The number of hydrogen-bond acceptors (Lipinski definition) is 3. The first-order chi connectivity index (χ1) is 7.04. The van der Waals surface area contributed by atoms with Gasteiger partial charge in [-0.05, 0) is 13.3 Å². The predicted octanol–water partition coefficient (Wildman–Crippen LogP) is 0.971. The Morgan fingerprint density at radius 1 is 1.38 bits per heavy atom. The standard InChI is InChI=1S/C8H16F3NO3S/c1-7(13)6-12(2)16(14,15)5-3-4-8(9,10)11/h7,13H,3-6H2,1-2H3. The third-order valence-corrected chi connectivity index (χ3v) is 3.76. The van der Waals surface area contributed by atoms with Gasteiger partial charge in [-0.3, -0.25) is 0 Å². The van der Waals surface area contributed by atoms with Crippen LogP contribution in [-0.4, -0.2) is 49.5 Å². The van der Waals surface area contributed by atoms with Crippen LogP contribution in [0.4, 0.5) is 13.2 Å². The van der Waals surface area contributed by atoms with Crippen molar-refractivity contribution in [1.82, 2.24) is 4.31 Å². The lowest BCUT2D eigenvalue weighted by molar-refractivity contribution is -0.134. The molecule has 0 bridgehead atoms. The minimum atomic E-state index is -4.33. The molecule has 0 aromatic rings. The Hall–Kier alpha value is -0.340. The van der Waals surface area contributed by atoms with Crippen molar-refractivity contribution in [3.63, 3.8) is 0 Å². The molecular formula is C8H16F3NO3S. The number of alkyl halides is 3. The van der Waals surface area contributed by atoms with E-state index in [0.717, 1.165) is 4.31 Å². The predicted molar refractivity (Wildman–Crippen MR) is 53.4 cm³/mol. The number of hydrogen-bond donors (Lipinski definition) is 1. The lowest BCUT2D eigenvalue weighted by Gasteiger charge is -2.18. The van der Waals surface area contributed by atoms with Gasteiger partial charge in [-0.1, -0.05) is 0 Å². The van der Waals surface area contributed by atoms with Gasteiger partial charge in [-0.15, -0.1) is 0 Å². The molecule has 0 rings (SSSR count). The quantitative estimate of drug-likeness (QED) is 0.777. The van der Waals surface area contributed by atoms with Gasteiger partial charge in [-0.2, -0.15) is 13.2 Å². The lowest BCUT2D eigenvalue weighted by atomic mass is 10.3. The molecule has 0 aromatic heterocycles. The van der Waals surface area contributed by atoms with Gasteiger partial charge in [0.05, 0.1) is 11.9 Å². The molecule has 0 aliphatic carbocycles. The fraction of sp³-hybridized carbons (Fsp3) is 1.00. The summed E-state index contributed by atoms with van der Waals surface area (Å²) in [6.07, 6.45) is -6.76. The normalized spacial score (nSPS) is 15.4. The van der Waals surface area contributed by atoms with Crippen LogP contribution >= 0.6 is 0 Å². The van der Waals surface area contributed by atoms with E-state index in [1.165, 1.54) is 14.0 Å². The SMILES string of the molecule is CC(O)CN(C)S(=O)(=O)CCCC(F)(F)F. The Balaban J connectivity index is 4.15. The zero-order valence-electron chi connectivity index (χ0n) is 9.16. The Kier molecular flexibility index (Phi) is 5.71. The average Bonchev–Trinajstić information content (AvgIpc) is 1.99. The molecule has 1 unspecified atom stereocenters. The van der Waals surface area contributed by atoms with Crippen LogP contribution in [0.2, 0.25) is 0 Å². The van der Waals surface area contributed by atoms with Gasteiger partial charge in [-0.25, -0.2) is 12.7 Å². The van der Waals surface area contributed by atoms with E-state index in [0.29, 0.717) is 0 Å². The van der Waals surface area contributed by atoms with Gasteiger partial charge >= 0.3 is 6.18 Å². The number of rotatable bonds is 6. The van der Waals surface area contributed by atoms with Crippen molar-refractivity contribution < 1.29 is 26.7 Å². The zero-order valence-corrected chi connectivity index (χ0v) is 9.98. The summed E-state index contributed by atoms with van der Waals surface area (Å²) >= 11 is 0. The third-order valence-electron chi connectivity index (χ3n) is 1.86. The molecule has 98 valence electrons. The highest BCUT2D eigenvalue weighted by Gasteiger charge is 2.28. The highest BCUT2D eigenvalue weighted by molar-refractivity contribution is 7.89. The summed E-state index contributed by atoms with van der Waals surface area (Å²) < 4.78 is 59.0. The second-order valence-electron chi connectivity index (χ2n) is 3.66. The summed E-state index contributed by atoms with van der Waals surface area (Å²) in [5.41, 5.74) is 0. The van der Waals surface area contributed by atoms with Crippen molar-refractivity contribution >= 4 is 10.0 Å². The maximum absolute atomic E-state index is 11.8. The summed E-state index contributed by atoms with van der Waals surface area (Å²) in [7, 11) is -2.47. The van der Waals surface area contributed by atoms with Gasteiger partial charge in [0.25, 0.3) is 0 Å². The van der Waals surface area contributed by atoms with Crippen LogP contribution < -0.4 is 0 Å². The van der Waals surface area contributed by atoms with Crippen LogP contribution in [0.1, 0.15) is 19.8 Å². The molecule has 0 saturated heterocycles. The molecule has 0 radical (unpaired) electrons. The van der Waals surface area contributed by atoms with E-state index in [4.69, 9.17) is 5.11 Å². The van der Waals surface area contributed by atoms with E-state index in [9.17, 15) is 21.6 Å². The Bertz CT molecular complexity index is 300. The van der Waals surface area contributed by atoms with Crippen LogP contribution in [0.5, 0.6) is 0 Å². The van der Waals surface area contributed by atoms with E-state index < -0.39 is 40.9 Å². The van der Waals surface area contributed by atoms with Crippen LogP contribution in [0.3, 0.4) is 0 Å². The molecule has 0 amide bonds. The van der Waals surface area contributed by atoms with Gasteiger partial charge in [0.2, 0.25) is 10.0 Å². The van der Waals surface area contributed by atoms with Crippen LogP contribution in [0.25, 0.3) is 0 Å². The maximum Gasteiger partial charge on any atom is 0.389 e. The third kappa shape index (κ3) is 7.02. The summed E-state index contributed by atoms with van der Waals surface area (Å²) in [4.78, 5) is 0. The van der Waals surface area contributed by atoms with Crippen molar-refractivity contribution in [3.05, 3.63) is 0 Å². The van der Waals surface area contributed by atoms with Crippen LogP contribution in [0.15, 0.2) is 0 Å². The van der Waals surface area contributed by atoms with Gasteiger partial charge in [0.15, 0.2) is 0 Å². The number of aliphatic hydroxyl groups excluding tert-OH is 1. The fourth-order valence-corrected chi connectivity index (χ4v) is 2.36. The molecule has 16 heavy (non-hydrogen) atoms. The number of halogens is 3. The molecule has 1 N–H and O–H groups in total. The first kappa shape index (κ1) is 15.7. The molecule has 0 fully saturated rings. The Morgan fingerprint density at radius 2 is 1.88 bits per heavy atom. The molecule has 1 atom stereocenters. The van der Waals surface area contributed by atoms with E-state index >= 15 is 0 Å². The minimum Gasteiger partial charge on any atom is -0.392 e. The number of nitrogens with zero attached hydrogens (tertiary/aromatic N) is 1. The van der Waals surface area contributed by atoms with E-state index in [2.05, 4.69) is 0 Å². The maximum atomic E-state index is 11.8. The molecule has 0 aliphatic rings. The second-order valence-corrected chi connectivity index (χ2v) is 5.86. The summed E-state index contributed by atoms with van der Waals surface area (Å²) in [5.74, 6) is -0.560. The van der Waals surface area contributed by atoms with Crippen molar-refractivity contribution in [2.75, 3.05) is 19.3 Å². The second kappa shape index (κ2) is 5.83. The largest absolute Gasteiger partial charge is 0.392 e. The molecular weight excluding hydrogens is 247 g/mol. The molecule has 4 nitrogen and oxygen atoms in total. The zero-order chi connectivity index (χ0) is 13.0. The molecule has 0 aromatic carbocycles. The first-order valence-corrected chi connectivity index (χ1v) is 6.34. The Morgan fingerprint density at radius 3 is 2.25 bits per heavy atom. The number of likely N-dealkylation sites (N-methyl/N-ethyl adjacent to an activating group) is 1. The van der Waals surface area contributed by atoms with E-state index in [1.807, 2.05) is 0 Å². The van der Waals surface area contributed by atoms with Crippen LogP contribution in [-0.2, 0) is 10.0 Å². The highest BCUT2D eigenvalue weighted by Crippen LogP contribution is 2.21. The topological polar surface area (TPSA) is 57.6 Å². The Labute approximate surface area is 93.1 Å². The first-order valence-electron chi connectivity index (χ1n) is 4.73. The molecule has 8 heteroatoms. The number of aliphatic hydroxyl groups is 1. The van der Waals surface area contributed by atoms with Gasteiger partial charge < -0.3 is 5.11 Å². The summed E-state index contributed by atoms with van der Waals surface area (Å²) in [6, 6.07) is 0. The molecule has 0 spiro atoms. The van der Waals surface area contributed by atoms with Gasteiger partial charge in [0, 0.05) is 20.0 Å². The summed E-state index contributed by atoms with van der Waals surface area (Å²) in [6.45, 7) is 1.29. The van der Waals surface area contributed by atoms with Crippen molar-refractivity contribution in [3.8, 4) is 0 Å². The minimum absolute atomic E-state index is 0.117. The van der Waals surface area contributed by atoms with Crippen molar-refractivity contribution in [2.45, 2.75) is 32.0 Å². The average molecular weight is 263 g/mol. The van der Waals surface area contributed by atoms with Crippen molar-refractivity contribution in [1.29, 1.82) is 0 Å². The van der Waals surface area contributed by atoms with Gasteiger partial charge in [0.1, 0.15) is 0 Å². The fourth-order valence-electron chi connectivity index (χ4n) is 1.10. The van der Waals surface area contributed by atoms with Crippen molar-refractivity contribution in [2.24, 2.45) is 0 Å². The smallest absolute Gasteiger partial charge is 0.389 e. The van der Waals surface area contributed by atoms with Crippen LogP contribution in [0, 0.1) is 0 Å². The summed E-state index contributed by atoms with van der Waals surface area (Å²) in [5, 5.41) is 8.95. The highest BCUT2D eigenvalue weighted by atomic mass is 32.2. The molecule has 0 saturated carbocycles. The van der Waals surface area contributed by atoms with E-state index in [1.54, 1.807) is 0 Å². The monoisotopic (exact) mass is 263 g/mol. The lowest BCUT2D eigenvalue weighted by Crippen LogP contribution is -2.35. The number of sulfonamides is 1.